The van der Waals surface area contributed by atoms with Gasteiger partial charge in [0.05, 0.1) is 0 Å². The van der Waals surface area contributed by atoms with Gasteiger partial charge in [-0.3, -0.25) is 0 Å². The van der Waals surface area contributed by atoms with Crippen LogP contribution in [0.4, 0.5) is 0 Å². The van der Waals surface area contributed by atoms with E-state index in [1.807, 2.05) is 13.8 Å². The first-order chi connectivity index (χ1) is 5.65. The Labute approximate surface area is 82.1 Å². The quantitative estimate of drug-likeness (QED) is 0.708. The van der Waals surface area contributed by atoms with Gasteiger partial charge in [0.25, 0.3) is 0 Å². The summed E-state index contributed by atoms with van der Waals surface area (Å²) in [7, 11) is 0. The van der Waals surface area contributed by atoms with E-state index in [-0.39, 0.29) is 5.38 Å². The van der Waals surface area contributed by atoms with Crippen LogP contribution in [0.2, 0.25) is 0 Å². The van der Waals surface area contributed by atoms with E-state index in [1.165, 1.54) is 11.5 Å². The topological polar surface area (TPSA) is 25.8 Å². The summed E-state index contributed by atoms with van der Waals surface area (Å²) in [5.74, 6) is 1.21. The molecule has 0 aromatic carbocycles. The molecule has 0 aliphatic rings. The van der Waals surface area contributed by atoms with Gasteiger partial charge in [-0.05, 0) is 31.8 Å². The lowest BCUT2D eigenvalue weighted by atomic mass is 10.0. The maximum Gasteiger partial charge on any atom is 0.139 e. The van der Waals surface area contributed by atoms with E-state index in [0.29, 0.717) is 5.92 Å². The van der Waals surface area contributed by atoms with Crippen LogP contribution in [0, 0.1) is 6.92 Å². The Balaban J connectivity index is 2.80. The van der Waals surface area contributed by atoms with Crippen molar-refractivity contribution in [2.75, 3.05) is 0 Å². The molecule has 2 unspecified atom stereocenters. The van der Waals surface area contributed by atoms with Crippen molar-refractivity contribution in [3.8, 4) is 0 Å². The Hall–Kier alpha value is -0.150. The van der Waals surface area contributed by atoms with Crippen LogP contribution >= 0.6 is 23.1 Å². The van der Waals surface area contributed by atoms with Gasteiger partial charge in [-0.25, -0.2) is 4.98 Å². The lowest BCUT2D eigenvalue weighted by Gasteiger charge is -2.12. The first kappa shape index (κ1) is 9.93. The summed E-state index contributed by atoms with van der Waals surface area (Å²) < 4.78 is 4.14. The summed E-state index contributed by atoms with van der Waals surface area (Å²) in [4.78, 5) is 4.33. The Morgan fingerprint density at radius 3 is 2.58 bits per heavy atom. The molecule has 12 heavy (non-hydrogen) atoms. The SMILES string of the molecule is CCC(c1nc(C)ns1)C(C)Cl. The van der Waals surface area contributed by atoms with Gasteiger partial charge in [0.15, 0.2) is 0 Å². The van der Waals surface area contributed by atoms with E-state index in [1.54, 1.807) is 0 Å². The monoisotopic (exact) mass is 204 g/mol. The van der Waals surface area contributed by atoms with Gasteiger partial charge < -0.3 is 0 Å². The third-order valence-electron chi connectivity index (χ3n) is 1.85. The third-order valence-corrected chi connectivity index (χ3v) is 3.10. The molecule has 2 atom stereocenters. The molecule has 0 aliphatic heterocycles. The summed E-state index contributed by atoms with van der Waals surface area (Å²) in [5, 5.41) is 1.21. The van der Waals surface area contributed by atoms with E-state index in [0.717, 1.165) is 17.3 Å². The van der Waals surface area contributed by atoms with Gasteiger partial charge >= 0.3 is 0 Å². The van der Waals surface area contributed by atoms with Crippen molar-refractivity contribution < 1.29 is 0 Å². The average molecular weight is 205 g/mol. The molecule has 0 bridgehead atoms. The first-order valence-electron chi connectivity index (χ1n) is 4.09. The summed E-state index contributed by atoms with van der Waals surface area (Å²) in [5.41, 5.74) is 0. The van der Waals surface area contributed by atoms with Crippen molar-refractivity contribution in [1.29, 1.82) is 0 Å². The lowest BCUT2D eigenvalue weighted by Crippen LogP contribution is -2.07. The smallest absolute Gasteiger partial charge is 0.139 e. The molecule has 1 rings (SSSR count). The highest BCUT2D eigenvalue weighted by Crippen LogP contribution is 2.27. The Morgan fingerprint density at radius 1 is 1.58 bits per heavy atom. The van der Waals surface area contributed by atoms with Crippen molar-refractivity contribution in [3.05, 3.63) is 10.8 Å². The molecule has 0 amide bonds. The first-order valence-corrected chi connectivity index (χ1v) is 5.30. The van der Waals surface area contributed by atoms with Crippen LogP contribution in [-0.2, 0) is 0 Å². The Bertz CT molecular complexity index is 247. The maximum atomic E-state index is 6.03. The highest BCUT2D eigenvalue weighted by atomic mass is 35.5. The molecule has 0 aliphatic carbocycles. The lowest BCUT2D eigenvalue weighted by molar-refractivity contribution is 0.643. The molecule has 0 spiro atoms. The molecule has 0 N–H and O–H groups in total. The number of aryl methyl sites for hydroxylation is 1. The summed E-state index contributed by atoms with van der Waals surface area (Å²) in [6, 6.07) is 0. The van der Waals surface area contributed by atoms with Crippen molar-refractivity contribution in [1.82, 2.24) is 9.36 Å². The fraction of sp³-hybridized carbons (Fsp3) is 0.750. The Morgan fingerprint density at radius 2 is 2.25 bits per heavy atom. The van der Waals surface area contributed by atoms with Crippen molar-refractivity contribution in [2.24, 2.45) is 0 Å². The van der Waals surface area contributed by atoms with Gasteiger partial charge in [-0.15, -0.1) is 11.6 Å². The second kappa shape index (κ2) is 4.19. The average Bonchev–Trinajstić information content (AvgIpc) is 2.37. The number of hydrogen-bond donors (Lipinski definition) is 0. The highest BCUT2D eigenvalue weighted by Gasteiger charge is 2.18. The predicted octanol–water partition coefficient (Wildman–Crippen LogP) is 2.97. The van der Waals surface area contributed by atoms with Gasteiger partial charge in [0.2, 0.25) is 0 Å². The van der Waals surface area contributed by atoms with Crippen LogP contribution < -0.4 is 0 Å². The molecule has 1 aromatic heterocycles. The standard InChI is InChI=1S/C8H13ClN2S/c1-4-7(5(2)9)8-10-6(3)11-12-8/h5,7H,4H2,1-3H3. The largest absolute Gasteiger partial charge is 0.225 e. The molecule has 1 heterocycles. The minimum Gasteiger partial charge on any atom is -0.225 e. The molecule has 4 heteroatoms. The molecule has 0 fully saturated rings. The molecule has 1 aromatic rings. The van der Waals surface area contributed by atoms with E-state index >= 15 is 0 Å². The van der Waals surface area contributed by atoms with Gasteiger partial charge in [0.1, 0.15) is 10.8 Å². The third kappa shape index (κ3) is 2.17. The zero-order chi connectivity index (χ0) is 9.14. The zero-order valence-electron chi connectivity index (χ0n) is 7.54. The van der Waals surface area contributed by atoms with Gasteiger partial charge in [-0.2, -0.15) is 4.37 Å². The van der Waals surface area contributed by atoms with E-state index in [4.69, 9.17) is 11.6 Å². The predicted molar refractivity (Wildman–Crippen MR) is 53.0 cm³/mol. The number of hydrogen-bond acceptors (Lipinski definition) is 3. The van der Waals surface area contributed by atoms with Crippen LogP contribution in [0.15, 0.2) is 0 Å². The number of rotatable bonds is 3. The van der Waals surface area contributed by atoms with Crippen LogP contribution in [0.5, 0.6) is 0 Å². The van der Waals surface area contributed by atoms with Crippen LogP contribution in [0.3, 0.4) is 0 Å². The summed E-state index contributed by atoms with van der Waals surface area (Å²) in [6.07, 6.45) is 1.03. The normalized spacial score (nSPS) is 16.0. The van der Waals surface area contributed by atoms with Gasteiger partial charge in [-0.1, -0.05) is 6.92 Å². The molecule has 2 nitrogen and oxygen atoms in total. The van der Waals surface area contributed by atoms with Crippen LogP contribution in [0.1, 0.15) is 37.0 Å². The molecular weight excluding hydrogens is 192 g/mol. The molecule has 0 radical (unpaired) electrons. The second-order valence-corrected chi connectivity index (χ2v) is 4.34. The maximum absolute atomic E-state index is 6.03. The van der Waals surface area contributed by atoms with Crippen LogP contribution in [-0.4, -0.2) is 14.7 Å². The number of alkyl halides is 1. The fourth-order valence-electron chi connectivity index (χ4n) is 1.16. The van der Waals surface area contributed by atoms with E-state index < -0.39 is 0 Å². The molecule has 0 saturated carbocycles. The van der Waals surface area contributed by atoms with Crippen LogP contribution in [0.25, 0.3) is 0 Å². The minimum atomic E-state index is 0.141. The Kier molecular flexibility index (Phi) is 3.47. The van der Waals surface area contributed by atoms with Crippen molar-refractivity contribution in [2.45, 2.75) is 38.5 Å². The fourth-order valence-corrected chi connectivity index (χ4v) is 2.48. The van der Waals surface area contributed by atoms with E-state index in [9.17, 15) is 0 Å². The second-order valence-electron chi connectivity index (χ2n) is 2.87. The van der Waals surface area contributed by atoms with Gasteiger partial charge in [0, 0.05) is 11.3 Å². The number of aromatic nitrogens is 2. The van der Waals surface area contributed by atoms with Crippen molar-refractivity contribution >= 4 is 23.1 Å². The van der Waals surface area contributed by atoms with E-state index in [2.05, 4.69) is 16.3 Å². The summed E-state index contributed by atoms with van der Waals surface area (Å²) >= 11 is 7.49. The number of nitrogens with zero attached hydrogens (tertiary/aromatic N) is 2. The molecular formula is C8H13ClN2S. The number of halogens is 1. The molecule has 68 valence electrons. The highest BCUT2D eigenvalue weighted by molar-refractivity contribution is 7.05. The van der Waals surface area contributed by atoms with Crippen molar-refractivity contribution in [3.63, 3.8) is 0 Å². The summed E-state index contributed by atoms with van der Waals surface area (Å²) in [6.45, 7) is 6.04. The zero-order valence-corrected chi connectivity index (χ0v) is 9.11. The molecule has 0 saturated heterocycles. The minimum absolute atomic E-state index is 0.141.